The molecule has 0 heterocycles. The Morgan fingerprint density at radius 2 is 1.81 bits per heavy atom. The predicted molar refractivity (Wildman–Crippen MR) is 101 cm³/mol. The van der Waals surface area contributed by atoms with Crippen molar-refractivity contribution in [2.45, 2.75) is 19.3 Å². The summed E-state index contributed by atoms with van der Waals surface area (Å²) >= 11 is 3.57. The smallest absolute Gasteiger partial charge is 0.282 e. The summed E-state index contributed by atoms with van der Waals surface area (Å²) in [6.07, 6.45) is 1.96. The number of amides is 2. The molecule has 0 spiro atoms. The Kier molecular flexibility index (Phi) is 5.60. The van der Waals surface area contributed by atoms with Gasteiger partial charge in [-0.15, -0.1) is 0 Å². The topological polar surface area (TPSA) is 72.5 Å². The average Bonchev–Trinajstić information content (AvgIpc) is 3.41. The number of thiol groups is 1. The molecule has 0 atom stereocenters. The molecule has 1 saturated carbocycles. The monoisotopic (exact) mass is 387 g/mol. The molecule has 2 aromatic carbocycles. The first-order chi connectivity index (χ1) is 12.9. The number of ketones is 1. The lowest BCUT2D eigenvalue weighted by atomic mass is 9.95. The zero-order valence-corrected chi connectivity index (χ0v) is 15.3. The van der Waals surface area contributed by atoms with Gasteiger partial charge in [0, 0.05) is 5.56 Å². The van der Waals surface area contributed by atoms with Crippen molar-refractivity contribution in [1.29, 1.82) is 0 Å². The summed E-state index contributed by atoms with van der Waals surface area (Å²) in [5.74, 6) is -0.585. The van der Waals surface area contributed by atoms with Crippen molar-refractivity contribution in [2.24, 2.45) is 5.41 Å². The molecule has 1 N–H and O–H groups in total. The zero-order valence-electron chi connectivity index (χ0n) is 14.4. The molecule has 0 unspecified atom stereocenters. The van der Waals surface area contributed by atoms with Crippen LogP contribution in [0.3, 0.4) is 0 Å². The fraction of sp³-hybridized carbons (Fsp3) is 0.250. The first-order valence-electron chi connectivity index (χ1n) is 8.43. The fourth-order valence-electron chi connectivity index (χ4n) is 2.85. The Hall–Kier alpha value is -2.67. The van der Waals surface area contributed by atoms with Gasteiger partial charge in [0.15, 0.2) is 12.4 Å². The first-order valence-corrected chi connectivity index (χ1v) is 8.88. The normalized spacial score (nSPS) is 14.3. The van der Waals surface area contributed by atoms with Gasteiger partial charge in [0.1, 0.15) is 11.6 Å². The van der Waals surface area contributed by atoms with Crippen LogP contribution in [0.2, 0.25) is 0 Å². The van der Waals surface area contributed by atoms with Gasteiger partial charge in [0.25, 0.3) is 5.24 Å². The van der Waals surface area contributed by atoms with Crippen LogP contribution in [0.5, 0.6) is 5.75 Å². The van der Waals surface area contributed by atoms with Crippen LogP contribution < -0.4 is 10.1 Å². The number of ether oxygens (including phenoxy) is 1. The van der Waals surface area contributed by atoms with Crippen LogP contribution in [-0.4, -0.2) is 23.5 Å². The molecule has 3 rings (SSSR count). The lowest BCUT2D eigenvalue weighted by molar-refractivity contribution is -0.125. The second kappa shape index (κ2) is 7.92. The number of benzene rings is 2. The quantitative estimate of drug-likeness (QED) is 0.563. The SMILES string of the molecule is O=C(S)NC(=O)C1(Cc2ccc(OCC(=O)c3cccc(F)c3)cc2)CC1. The highest BCUT2D eigenvalue weighted by molar-refractivity contribution is 7.96. The van der Waals surface area contributed by atoms with E-state index in [2.05, 4.69) is 17.9 Å². The van der Waals surface area contributed by atoms with E-state index in [-0.39, 0.29) is 23.9 Å². The summed E-state index contributed by atoms with van der Waals surface area (Å²) in [6, 6.07) is 12.5. The molecule has 2 aromatic rings. The third kappa shape index (κ3) is 4.95. The molecule has 0 aromatic heterocycles. The number of carbonyl (C=O) groups excluding carboxylic acids is 3. The molecule has 1 fully saturated rings. The van der Waals surface area contributed by atoms with Gasteiger partial charge >= 0.3 is 0 Å². The average molecular weight is 387 g/mol. The molecule has 0 aliphatic heterocycles. The van der Waals surface area contributed by atoms with Crippen molar-refractivity contribution >= 4 is 29.6 Å². The van der Waals surface area contributed by atoms with Gasteiger partial charge in [-0.05, 0) is 49.1 Å². The van der Waals surface area contributed by atoms with E-state index in [1.165, 1.54) is 24.3 Å². The predicted octanol–water partition coefficient (Wildman–Crippen LogP) is 3.58. The molecule has 0 radical (unpaired) electrons. The second-order valence-corrected chi connectivity index (χ2v) is 6.99. The highest BCUT2D eigenvalue weighted by Crippen LogP contribution is 2.48. The molecule has 1 aliphatic carbocycles. The van der Waals surface area contributed by atoms with E-state index < -0.39 is 16.5 Å². The Bertz CT molecular complexity index is 878. The van der Waals surface area contributed by atoms with Crippen LogP contribution >= 0.6 is 12.6 Å². The number of imide groups is 1. The molecule has 2 amide bonds. The lowest BCUT2D eigenvalue weighted by Gasteiger charge is -2.14. The third-order valence-electron chi connectivity index (χ3n) is 4.54. The molecule has 7 heteroatoms. The Balaban J connectivity index is 1.55. The van der Waals surface area contributed by atoms with Crippen molar-refractivity contribution in [2.75, 3.05) is 6.61 Å². The van der Waals surface area contributed by atoms with Gasteiger partial charge in [-0.3, -0.25) is 19.7 Å². The number of carbonyl (C=O) groups is 3. The number of hydrogen-bond donors (Lipinski definition) is 2. The molecule has 1 aliphatic rings. The zero-order chi connectivity index (χ0) is 19.4. The van der Waals surface area contributed by atoms with Crippen LogP contribution in [0.15, 0.2) is 48.5 Å². The maximum Gasteiger partial charge on any atom is 0.282 e. The summed E-state index contributed by atoms with van der Waals surface area (Å²) < 4.78 is 18.6. The van der Waals surface area contributed by atoms with Crippen LogP contribution in [0.1, 0.15) is 28.8 Å². The van der Waals surface area contributed by atoms with Crippen molar-refractivity contribution in [1.82, 2.24) is 5.32 Å². The molecular formula is C20H18FNO4S. The summed E-state index contributed by atoms with van der Waals surface area (Å²) in [5.41, 5.74) is 0.638. The summed E-state index contributed by atoms with van der Waals surface area (Å²) in [6.45, 7) is -0.195. The highest BCUT2D eigenvalue weighted by Gasteiger charge is 2.49. The van der Waals surface area contributed by atoms with Gasteiger partial charge in [-0.2, -0.15) is 0 Å². The largest absolute Gasteiger partial charge is 0.485 e. The molecule has 5 nitrogen and oxygen atoms in total. The maximum absolute atomic E-state index is 13.2. The second-order valence-electron chi connectivity index (χ2n) is 6.58. The maximum atomic E-state index is 13.2. The van der Waals surface area contributed by atoms with Gasteiger partial charge in [0.05, 0.1) is 5.41 Å². The van der Waals surface area contributed by atoms with Crippen molar-refractivity contribution < 1.29 is 23.5 Å². The Morgan fingerprint density at radius 3 is 2.41 bits per heavy atom. The van der Waals surface area contributed by atoms with Gasteiger partial charge < -0.3 is 4.74 Å². The summed E-state index contributed by atoms with van der Waals surface area (Å²) in [5, 5.41) is 1.57. The summed E-state index contributed by atoms with van der Waals surface area (Å²) in [7, 11) is 0. The molecule has 0 saturated heterocycles. The van der Waals surface area contributed by atoms with E-state index in [9.17, 15) is 18.8 Å². The van der Waals surface area contributed by atoms with E-state index >= 15 is 0 Å². The number of halogens is 1. The standard InChI is InChI=1S/C20H18FNO4S/c21-15-3-1-2-14(10-15)17(23)12-26-16-6-4-13(5-7-16)11-20(8-9-20)18(24)22-19(25)27/h1-7,10H,8-9,11-12H2,(H2,22,24,25,27). The molecule has 27 heavy (non-hydrogen) atoms. The van der Waals surface area contributed by atoms with Gasteiger partial charge in [-0.25, -0.2) is 4.39 Å². The Labute approximate surface area is 161 Å². The number of hydrogen-bond acceptors (Lipinski definition) is 4. The number of rotatable bonds is 7. The van der Waals surface area contributed by atoms with Crippen LogP contribution in [-0.2, 0) is 11.2 Å². The van der Waals surface area contributed by atoms with E-state index in [4.69, 9.17) is 4.74 Å². The van der Waals surface area contributed by atoms with Crippen LogP contribution in [0.25, 0.3) is 0 Å². The fourth-order valence-corrected chi connectivity index (χ4v) is 2.95. The lowest BCUT2D eigenvalue weighted by Crippen LogP contribution is -2.34. The third-order valence-corrected chi connectivity index (χ3v) is 4.65. The van der Waals surface area contributed by atoms with Gasteiger partial charge in [0.2, 0.25) is 5.91 Å². The number of Topliss-reactive ketones (excluding diaryl/α,β-unsaturated/α-hetero) is 1. The van der Waals surface area contributed by atoms with Crippen molar-refractivity contribution in [3.63, 3.8) is 0 Å². The van der Waals surface area contributed by atoms with E-state index in [1.54, 1.807) is 12.1 Å². The molecule has 140 valence electrons. The van der Waals surface area contributed by atoms with E-state index in [1.807, 2.05) is 12.1 Å². The van der Waals surface area contributed by atoms with E-state index in [0.717, 1.165) is 18.4 Å². The van der Waals surface area contributed by atoms with Gasteiger partial charge in [-0.1, -0.05) is 36.9 Å². The first kappa shape index (κ1) is 19.1. The van der Waals surface area contributed by atoms with Crippen molar-refractivity contribution in [3.05, 3.63) is 65.5 Å². The number of nitrogens with one attached hydrogen (secondary N) is 1. The van der Waals surface area contributed by atoms with Crippen molar-refractivity contribution in [3.8, 4) is 5.75 Å². The molecule has 0 bridgehead atoms. The highest BCUT2D eigenvalue weighted by atomic mass is 32.1. The van der Waals surface area contributed by atoms with Crippen LogP contribution in [0, 0.1) is 11.2 Å². The molecular weight excluding hydrogens is 369 g/mol. The minimum Gasteiger partial charge on any atom is -0.485 e. The minimum absolute atomic E-state index is 0.195. The minimum atomic E-state index is -0.655. The summed E-state index contributed by atoms with van der Waals surface area (Å²) in [4.78, 5) is 35.0. The van der Waals surface area contributed by atoms with E-state index in [0.29, 0.717) is 12.2 Å². The van der Waals surface area contributed by atoms with Crippen LogP contribution in [0.4, 0.5) is 9.18 Å². The Morgan fingerprint density at radius 1 is 1.11 bits per heavy atom.